The molecule has 0 saturated heterocycles. The Morgan fingerprint density at radius 2 is 1.00 bits per heavy atom. The van der Waals surface area contributed by atoms with Crippen molar-refractivity contribution in [2.45, 2.75) is 12.3 Å². The molecule has 0 aliphatic carbocycles. The first-order valence-corrected chi connectivity index (χ1v) is 21.3. The van der Waals surface area contributed by atoms with E-state index in [1.54, 1.807) is 0 Å². The largest absolute Gasteiger partial charge is 0.312 e. The van der Waals surface area contributed by atoms with E-state index in [9.17, 15) is 0 Å². The Balaban J connectivity index is 1.10. The molecule has 0 aliphatic rings. The molecule has 0 aliphatic heterocycles. The molecule has 0 aromatic heterocycles. The van der Waals surface area contributed by atoms with Gasteiger partial charge >= 0.3 is 0 Å². The number of nitrogens with two attached hydrogens (primary N) is 1. The molecular weight excluding hydrogens is 751 g/mol. The van der Waals surface area contributed by atoms with E-state index in [2.05, 4.69) is 206 Å². The van der Waals surface area contributed by atoms with Crippen molar-refractivity contribution >= 4 is 60.1 Å². The lowest BCUT2D eigenvalue weighted by molar-refractivity contribution is 0.468. The number of aliphatic imine (C=N–C) groups is 1. The summed E-state index contributed by atoms with van der Waals surface area (Å²) in [5, 5.41) is 15.9. The van der Waals surface area contributed by atoms with E-state index in [0.717, 1.165) is 33.2 Å². The van der Waals surface area contributed by atoms with Crippen LogP contribution in [0.3, 0.4) is 0 Å². The first-order valence-electron chi connectivity index (χ1n) is 21.3. The van der Waals surface area contributed by atoms with Crippen LogP contribution in [0.15, 0.2) is 229 Å². The van der Waals surface area contributed by atoms with E-state index in [4.69, 9.17) is 10.7 Å². The smallest absolute Gasteiger partial charge is 0.127 e. The molecule has 11 aromatic rings. The van der Waals surface area contributed by atoms with Gasteiger partial charge in [0.1, 0.15) is 6.17 Å². The summed E-state index contributed by atoms with van der Waals surface area (Å²) >= 11 is 0. The summed E-state index contributed by atoms with van der Waals surface area (Å²) in [6, 6.07) is 80.3. The van der Waals surface area contributed by atoms with Crippen LogP contribution in [0, 0.1) is 0 Å². The van der Waals surface area contributed by atoms with E-state index >= 15 is 0 Å². The fraction of sp³-hybridized carbons (Fsp3) is 0.0339. The molecule has 294 valence electrons. The Morgan fingerprint density at radius 3 is 1.79 bits per heavy atom. The number of nitrogens with zero attached hydrogens (tertiary/aromatic N) is 1. The molecule has 11 aromatic carbocycles. The topological polar surface area (TPSA) is 50.4 Å². The molecule has 11 rings (SSSR count). The van der Waals surface area contributed by atoms with Gasteiger partial charge in [-0.2, -0.15) is 0 Å². The number of hydrogen-bond donors (Lipinski definition) is 2. The first kappa shape index (κ1) is 37.3. The lowest BCUT2D eigenvalue weighted by Gasteiger charge is -2.23. The fourth-order valence-corrected chi connectivity index (χ4v) is 9.45. The second-order valence-electron chi connectivity index (χ2n) is 16.0. The minimum Gasteiger partial charge on any atom is -0.312 e. The molecular formula is C59H43N3. The van der Waals surface area contributed by atoms with Gasteiger partial charge in [0.25, 0.3) is 0 Å². The van der Waals surface area contributed by atoms with Gasteiger partial charge in [0.05, 0.1) is 6.17 Å². The minimum atomic E-state index is -0.434. The zero-order valence-corrected chi connectivity index (χ0v) is 34.1. The molecule has 0 saturated carbocycles. The van der Waals surface area contributed by atoms with Crippen LogP contribution >= 0.6 is 0 Å². The molecule has 2 atom stereocenters. The van der Waals surface area contributed by atoms with Gasteiger partial charge in [-0.05, 0) is 104 Å². The van der Waals surface area contributed by atoms with Gasteiger partial charge < -0.3 is 5.73 Å². The minimum absolute atomic E-state index is 0.427. The van der Waals surface area contributed by atoms with E-state index in [0.29, 0.717) is 0 Å². The highest BCUT2D eigenvalue weighted by atomic mass is 15.1. The van der Waals surface area contributed by atoms with Crippen LogP contribution in [0.25, 0.3) is 87.2 Å². The Kier molecular flexibility index (Phi) is 9.67. The molecule has 0 bridgehead atoms. The van der Waals surface area contributed by atoms with Crippen molar-refractivity contribution < 1.29 is 0 Å². The Hall–Kier alpha value is -7.69. The second-order valence-corrected chi connectivity index (χ2v) is 16.0. The van der Waals surface area contributed by atoms with Crippen LogP contribution < -0.4 is 11.1 Å². The third kappa shape index (κ3) is 6.71. The average molecular weight is 794 g/mol. The van der Waals surface area contributed by atoms with Crippen molar-refractivity contribution in [2.24, 2.45) is 10.7 Å². The lowest BCUT2D eigenvalue weighted by atomic mass is 9.82. The first-order chi connectivity index (χ1) is 30.7. The normalized spacial score (nSPS) is 12.8. The summed E-state index contributed by atoms with van der Waals surface area (Å²) in [4.78, 5) is 5.35. The third-order valence-corrected chi connectivity index (χ3v) is 12.4. The van der Waals surface area contributed by atoms with Crippen molar-refractivity contribution in [1.29, 1.82) is 0 Å². The Bertz CT molecular complexity index is 3460. The summed E-state index contributed by atoms with van der Waals surface area (Å²) < 4.78 is 0. The Labute approximate surface area is 361 Å². The van der Waals surface area contributed by atoms with Gasteiger partial charge in [0.2, 0.25) is 0 Å². The molecule has 2 unspecified atom stereocenters. The van der Waals surface area contributed by atoms with Gasteiger partial charge in [-0.15, -0.1) is 0 Å². The standard InChI is InChI=1S/C59H43N3/c60-58(42-21-5-2-6-22-42)62-59(53-30-16-12-24-46(53)40-18-3-1-4-19-40)61-38-45-34-35-52(49-27-13-11-25-47(45)49)56-51-29-15-14-28-50(51)55(44-32-31-39-17-7-8-23-43(39)37-44)57-48-26-10-9-20-41(48)33-36-54(56)57/h1-38,58-59,62H,60H2. The summed E-state index contributed by atoms with van der Waals surface area (Å²) in [6.45, 7) is 0. The number of nitrogens with one attached hydrogen (secondary N) is 1. The van der Waals surface area contributed by atoms with Gasteiger partial charge in [-0.25, -0.2) is 0 Å². The molecule has 3 nitrogen and oxygen atoms in total. The van der Waals surface area contributed by atoms with Crippen LogP contribution in [-0.4, -0.2) is 6.21 Å². The molecule has 0 amide bonds. The van der Waals surface area contributed by atoms with Crippen molar-refractivity contribution in [3.63, 3.8) is 0 Å². The second kappa shape index (κ2) is 16.1. The highest BCUT2D eigenvalue weighted by Gasteiger charge is 2.22. The van der Waals surface area contributed by atoms with E-state index in [1.165, 1.54) is 70.7 Å². The van der Waals surface area contributed by atoms with Crippen LogP contribution in [0.5, 0.6) is 0 Å². The number of hydrogen-bond acceptors (Lipinski definition) is 3. The highest BCUT2D eigenvalue weighted by Crippen LogP contribution is 2.48. The lowest BCUT2D eigenvalue weighted by Crippen LogP contribution is -2.32. The van der Waals surface area contributed by atoms with Crippen molar-refractivity contribution in [1.82, 2.24) is 5.32 Å². The van der Waals surface area contributed by atoms with Crippen LogP contribution in [0.2, 0.25) is 0 Å². The van der Waals surface area contributed by atoms with Crippen molar-refractivity contribution in [2.75, 3.05) is 0 Å². The molecule has 0 radical (unpaired) electrons. The zero-order chi connectivity index (χ0) is 41.4. The predicted octanol–water partition coefficient (Wildman–Crippen LogP) is 14.8. The van der Waals surface area contributed by atoms with Crippen LogP contribution in [0.4, 0.5) is 0 Å². The maximum atomic E-state index is 6.88. The molecule has 0 heterocycles. The molecule has 0 fully saturated rings. The van der Waals surface area contributed by atoms with E-state index in [1.807, 2.05) is 30.5 Å². The third-order valence-electron chi connectivity index (χ3n) is 12.4. The van der Waals surface area contributed by atoms with Crippen LogP contribution in [-0.2, 0) is 0 Å². The summed E-state index contributed by atoms with van der Waals surface area (Å²) in [5.41, 5.74) is 17.1. The van der Waals surface area contributed by atoms with Crippen LogP contribution in [0.1, 0.15) is 29.0 Å². The maximum absolute atomic E-state index is 6.88. The summed E-state index contributed by atoms with van der Waals surface area (Å²) in [7, 11) is 0. The summed E-state index contributed by atoms with van der Waals surface area (Å²) in [6.07, 6.45) is 1.16. The van der Waals surface area contributed by atoms with E-state index in [-0.39, 0.29) is 0 Å². The molecule has 62 heavy (non-hydrogen) atoms. The molecule has 0 spiro atoms. The Morgan fingerprint density at radius 1 is 0.403 bits per heavy atom. The van der Waals surface area contributed by atoms with Crippen molar-refractivity contribution in [3.05, 3.63) is 241 Å². The number of rotatable bonds is 9. The van der Waals surface area contributed by atoms with Gasteiger partial charge in [0, 0.05) is 11.8 Å². The number of fused-ring (bicyclic) bond motifs is 6. The molecule has 3 N–H and O–H groups in total. The number of benzene rings is 11. The van der Waals surface area contributed by atoms with Gasteiger partial charge in [-0.3, -0.25) is 10.3 Å². The SMILES string of the molecule is NC(NC(N=Cc1ccc(-c2c3ccccc3c(-c3ccc4ccccc4c3)c3c2ccc2ccccc23)c2ccccc12)c1ccccc1-c1ccccc1)c1ccccc1. The highest BCUT2D eigenvalue weighted by molar-refractivity contribution is 6.29. The summed E-state index contributed by atoms with van der Waals surface area (Å²) in [5.74, 6) is 0. The van der Waals surface area contributed by atoms with Gasteiger partial charge in [-0.1, -0.05) is 218 Å². The molecule has 3 heteroatoms. The predicted molar refractivity (Wildman–Crippen MR) is 264 cm³/mol. The fourth-order valence-electron chi connectivity index (χ4n) is 9.45. The average Bonchev–Trinajstić information content (AvgIpc) is 3.34. The monoisotopic (exact) mass is 793 g/mol. The van der Waals surface area contributed by atoms with Crippen molar-refractivity contribution in [3.8, 4) is 33.4 Å². The van der Waals surface area contributed by atoms with Gasteiger partial charge in [0.15, 0.2) is 0 Å². The quantitative estimate of drug-likeness (QED) is 0.0662. The zero-order valence-electron chi connectivity index (χ0n) is 34.1. The maximum Gasteiger partial charge on any atom is 0.127 e. The van der Waals surface area contributed by atoms with E-state index < -0.39 is 12.3 Å².